The molecule has 1 heterocycles. The first kappa shape index (κ1) is 15.0. The maximum atomic E-state index is 12.0. The summed E-state index contributed by atoms with van der Waals surface area (Å²) in [5.41, 5.74) is 3.85. The maximum Gasteiger partial charge on any atom is 0.334 e. The Balaban J connectivity index is 2.57. The molecule has 0 saturated heterocycles. The van der Waals surface area contributed by atoms with Crippen molar-refractivity contribution in [3.63, 3.8) is 0 Å². The van der Waals surface area contributed by atoms with Crippen LogP contribution >= 0.6 is 0 Å². The van der Waals surface area contributed by atoms with Gasteiger partial charge < -0.3 is 9.47 Å². The third kappa shape index (κ3) is 2.59. The SMILES string of the molecule is COC(=O)C1NN(C(C)=O)C(C(=O)OC)c2ccccc21. The molecule has 0 spiro atoms. The molecule has 1 aromatic rings. The maximum absolute atomic E-state index is 12.0. The zero-order valence-corrected chi connectivity index (χ0v) is 12.0. The molecule has 1 amide bonds. The monoisotopic (exact) mass is 292 g/mol. The van der Waals surface area contributed by atoms with Crippen molar-refractivity contribution < 1.29 is 23.9 Å². The van der Waals surface area contributed by atoms with Crippen LogP contribution in [0.15, 0.2) is 24.3 Å². The Morgan fingerprint density at radius 2 is 1.62 bits per heavy atom. The topological polar surface area (TPSA) is 84.9 Å². The normalized spacial score (nSPS) is 20.4. The van der Waals surface area contributed by atoms with E-state index in [1.54, 1.807) is 24.3 Å². The minimum atomic E-state index is -0.940. The van der Waals surface area contributed by atoms with Crippen molar-refractivity contribution in [2.75, 3.05) is 14.2 Å². The van der Waals surface area contributed by atoms with E-state index in [9.17, 15) is 14.4 Å². The number of hydrogen-bond acceptors (Lipinski definition) is 6. The number of fused-ring (bicyclic) bond motifs is 1. The van der Waals surface area contributed by atoms with Gasteiger partial charge >= 0.3 is 11.9 Å². The van der Waals surface area contributed by atoms with Crippen molar-refractivity contribution in [3.05, 3.63) is 35.4 Å². The van der Waals surface area contributed by atoms with Crippen LogP contribution in [0, 0.1) is 0 Å². The highest BCUT2D eigenvalue weighted by molar-refractivity contribution is 5.88. The molecule has 2 unspecified atom stereocenters. The summed E-state index contributed by atoms with van der Waals surface area (Å²) >= 11 is 0. The van der Waals surface area contributed by atoms with Crippen molar-refractivity contribution in [3.8, 4) is 0 Å². The van der Waals surface area contributed by atoms with Crippen LogP contribution in [0.4, 0.5) is 0 Å². The summed E-state index contributed by atoms with van der Waals surface area (Å²) in [6, 6.07) is 5.07. The molecule has 0 fully saturated rings. The zero-order chi connectivity index (χ0) is 15.6. The number of ether oxygens (including phenoxy) is 2. The molecule has 112 valence electrons. The molecule has 1 N–H and O–H groups in total. The molecular weight excluding hydrogens is 276 g/mol. The van der Waals surface area contributed by atoms with E-state index in [1.807, 2.05) is 0 Å². The molecule has 7 heteroatoms. The predicted molar refractivity (Wildman–Crippen MR) is 71.6 cm³/mol. The minimum absolute atomic E-state index is 0.409. The highest BCUT2D eigenvalue weighted by atomic mass is 16.5. The van der Waals surface area contributed by atoms with Gasteiger partial charge in [0.15, 0.2) is 6.04 Å². The highest BCUT2D eigenvalue weighted by Gasteiger charge is 2.42. The number of carbonyl (C=O) groups is 3. The Labute approximate surface area is 121 Å². The van der Waals surface area contributed by atoms with Crippen LogP contribution in [-0.2, 0) is 23.9 Å². The largest absolute Gasteiger partial charge is 0.468 e. The van der Waals surface area contributed by atoms with Gasteiger partial charge in [-0.1, -0.05) is 24.3 Å². The van der Waals surface area contributed by atoms with E-state index in [1.165, 1.54) is 21.1 Å². The zero-order valence-electron chi connectivity index (χ0n) is 12.0. The summed E-state index contributed by atoms with van der Waals surface area (Å²) in [4.78, 5) is 35.7. The second-order valence-electron chi connectivity index (χ2n) is 4.53. The van der Waals surface area contributed by atoms with Gasteiger partial charge in [0, 0.05) is 6.92 Å². The van der Waals surface area contributed by atoms with Crippen molar-refractivity contribution in [1.82, 2.24) is 10.4 Å². The van der Waals surface area contributed by atoms with Gasteiger partial charge in [0.2, 0.25) is 5.91 Å². The van der Waals surface area contributed by atoms with E-state index in [0.717, 1.165) is 5.01 Å². The number of rotatable bonds is 2. The summed E-state index contributed by atoms with van der Waals surface area (Å²) in [6.45, 7) is 1.30. The van der Waals surface area contributed by atoms with E-state index < -0.39 is 29.9 Å². The molecule has 0 saturated carbocycles. The molecule has 0 aromatic heterocycles. The number of nitrogens with one attached hydrogen (secondary N) is 1. The number of amides is 1. The number of hydrazine groups is 1. The summed E-state index contributed by atoms with van der Waals surface area (Å²) in [5, 5.41) is 1.09. The standard InChI is InChI=1S/C14H16N2O5/c1-8(17)16-12(14(19)21-3)10-7-5-4-6-9(10)11(15-16)13(18)20-2/h4-7,11-12,15H,1-3H3. The van der Waals surface area contributed by atoms with Gasteiger partial charge in [-0.15, -0.1) is 0 Å². The summed E-state index contributed by atoms with van der Waals surface area (Å²) in [6.07, 6.45) is 0. The van der Waals surface area contributed by atoms with Crippen LogP contribution in [0.25, 0.3) is 0 Å². The van der Waals surface area contributed by atoms with Gasteiger partial charge in [-0.2, -0.15) is 0 Å². The van der Waals surface area contributed by atoms with Crippen LogP contribution < -0.4 is 5.43 Å². The molecule has 1 aliphatic rings. The Morgan fingerprint density at radius 1 is 1.05 bits per heavy atom. The molecule has 21 heavy (non-hydrogen) atoms. The Morgan fingerprint density at radius 3 is 2.14 bits per heavy atom. The van der Waals surface area contributed by atoms with Crippen LogP contribution in [-0.4, -0.2) is 37.1 Å². The fourth-order valence-electron chi connectivity index (χ4n) is 2.36. The summed E-state index contributed by atoms with van der Waals surface area (Å²) in [7, 11) is 2.51. The lowest BCUT2D eigenvalue weighted by Gasteiger charge is -2.38. The molecule has 2 rings (SSSR count). The van der Waals surface area contributed by atoms with Crippen LogP contribution in [0.1, 0.15) is 30.1 Å². The second kappa shape index (κ2) is 5.92. The molecule has 0 radical (unpaired) electrons. The first-order valence-corrected chi connectivity index (χ1v) is 6.31. The lowest BCUT2D eigenvalue weighted by molar-refractivity contribution is -0.161. The average molecular weight is 292 g/mol. The van der Waals surface area contributed by atoms with Crippen molar-refractivity contribution in [2.24, 2.45) is 0 Å². The quantitative estimate of drug-likeness (QED) is 0.798. The van der Waals surface area contributed by atoms with Crippen LogP contribution in [0.5, 0.6) is 0 Å². The number of methoxy groups -OCH3 is 2. The van der Waals surface area contributed by atoms with E-state index in [2.05, 4.69) is 5.43 Å². The van der Waals surface area contributed by atoms with Gasteiger partial charge in [-0.3, -0.25) is 9.80 Å². The van der Waals surface area contributed by atoms with E-state index in [-0.39, 0.29) is 0 Å². The molecular formula is C14H16N2O5. The third-order valence-electron chi connectivity index (χ3n) is 3.33. The first-order chi connectivity index (χ1) is 10.0. The molecule has 1 aromatic carbocycles. The Hall–Kier alpha value is -2.41. The van der Waals surface area contributed by atoms with Gasteiger partial charge in [-0.05, 0) is 11.1 Å². The fourth-order valence-corrected chi connectivity index (χ4v) is 2.36. The number of hydrogen-bond donors (Lipinski definition) is 1. The highest BCUT2D eigenvalue weighted by Crippen LogP contribution is 2.34. The van der Waals surface area contributed by atoms with E-state index >= 15 is 0 Å². The summed E-state index contributed by atoms with van der Waals surface area (Å²) < 4.78 is 9.50. The molecule has 1 aliphatic heterocycles. The number of benzene rings is 1. The van der Waals surface area contributed by atoms with Crippen LogP contribution in [0.2, 0.25) is 0 Å². The van der Waals surface area contributed by atoms with E-state index in [4.69, 9.17) is 9.47 Å². The smallest absolute Gasteiger partial charge is 0.334 e. The second-order valence-corrected chi connectivity index (χ2v) is 4.53. The fraction of sp³-hybridized carbons (Fsp3) is 0.357. The molecule has 0 aliphatic carbocycles. The lowest BCUT2D eigenvalue weighted by atomic mass is 9.92. The summed E-state index contributed by atoms with van der Waals surface area (Å²) in [5.74, 6) is -1.54. The van der Waals surface area contributed by atoms with Crippen LogP contribution in [0.3, 0.4) is 0 Å². The Bertz CT molecular complexity index is 586. The van der Waals surface area contributed by atoms with Gasteiger partial charge in [-0.25, -0.2) is 15.0 Å². The van der Waals surface area contributed by atoms with Gasteiger partial charge in [0.25, 0.3) is 0 Å². The van der Waals surface area contributed by atoms with Crippen molar-refractivity contribution in [1.29, 1.82) is 0 Å². The van der Waals surface area contributed by atoms with E-state index in [0.29, 0.717) is 11.1 Å². The number of nitrogens with zero attached hydrogens (tertiary/aromatic N) is 1. The Kier molecular flexibility index (Phi) is 4.23. The molecule has 7 nitrogen and oxygen atoms in total. The first-order valence-electron chi connectivity index (χ1n) is 6.31. The average Bonchev–Trinajstić information content (AvgIpc) is 2.51. The third-order valence-corrected chi connectivity index (χ3v) is 3.33. The minimum Gasteiger partial charge on any atom is -0.468 e. The van der Waals surface area contributed by atoms with Gasteiger partial charge in [0.1, 0.15) is 6.04 Å². The lowest BCUT2D eigenvalue weighted by Crippen LogP contribution is -2.54. The van der Waals surface area contributed by atoms with Crippen molar-refractivity contribution >= 4 is 17.8 Å². The van der Waals surface area contributed by atoms with Gasteiger partial charge in [0.05, 0.1) is 14.2 Å². The van der Waals surface area contributed by atoms with Crippen molar-refractivity contribution in [2.45, 2.75) is 19.0 Å². The number of esters is 2. The molecule has 2 atom stereocenters. The number of carbonyl (C=O) groups excluding carboxylic acids is 3. The molecule has 0 bridgehead atoms. The predicted octanol–water partition coefficient (Wildman–Crippen LogP) is 0.482.